The van der Waals surface area contributed by atoms with Gasteiger partial charge in [0.25, 0.3) is 5.91 Å². The van der Waals surface area contributed by atoms with E-state index in [0.29, 0.717) is 25.1 Å². The van der Waals surface area contributed by atoms with Gasteiger partial charge >= 0.3 is 5.97 Å². The van der Waals surface area contributed by atoms with Crippen molar-refractivity contribution in [2.45, 2.75) is 26.7 Å². The van der Waals surface area contributed by atoms with Gasteiger partial charge in [-0.05, 0) is 32.8 Å². The summed E-state index contributed by atoms with van der Waals surface area (Å²) in [6, 6.07) is 1.77. The number of hydrogen-bond donors (Lipinski definition) is 1. The Labute approximate surface area is 134 Å². The van der Waals surface area contributed by atoms with E-state index in [1.54, 1.807) is 19.9 Å². The fourth-order valence-electron chi connectivity index (χ4n) is 2.81. The Kier molecular flexibility index (Phi) is 5.08. The van der Waals surface area contributed by atoms with Crippen molar-refractivity contribution in [3.05, 3.63) is 23.2 Å². The third kappa shape index (κ3) is 3.91. The van der Waals surface area contributed by atoms with Gasteiger partial charge in [0.15, 0.2) is 5.76 Å². The molecule has 23 heavy (non-hydrogen) atoms. The molecule has 1 aromatic heterocycles. The third-order valence-corrected chi connectivity index (χ3v) is 4.08. The minimum absolute atomic E-state index is 0.0929. The SMILES string of the molecule is Cc1cc(C)c(C(=O)N(C)CC(=O)N2CCCC(C(=O)O)C2)o1. The minimum Gasteiger partial charge on any atom is -0.481 e. The third-order valence-electron chi connectivity index (χ3n) is 4.08. The van der Waals surface area contributed by atoms with Crippen LogP contribution in [0.2, 0.25) is 0 Å². The number of carboxylic acid groups (broad SMARTS) is 1. The van der Waals surface area contributed by atoms with E-state index in [4.69, 9.17) is 9.52 Å². The van der Waals surface area contributed by atoms with Gasteiger partial charge < -0.3 is 19.3 Å². The second-order valence-corrected chi connectivity index (χ2v) is 6.05. The second-order valence-electron chi connectivity index (χ2n) is 6.05. The van der Waals surface area contributed by atoms with Crippen LogP contribution in [-0.2, 0) is 9.59 Å². The van der Waals surface area contributed by atoms with Gasteiger partial charge in [0, 0.05) is 25.7 Å². The molecule has 1 saturated heterocycles. The van der Waals surface area contributed by atoms with E-state index in [2.05, 4.69) is 0 Å². The molecule has 0 bridgehead atoms. The molecule has 2 amide bonds. The molecule has 2 heterocycles. The molecule has 1 aliphatic heterocycles. The fraction of sp³-hybridized carbons (Fsp3) is 0.562. The van der Waals surface area contributed by atoms with Crippen LogP contribution >= 0.6 is 0 Å². The summed E-state index contributed by atoms with van der Waals surface area (Å²) >= 11 is 0. The Morgan fingerprint density at radius 2 is 2.09 bits per heavy atom. The van der Waals surface area contributed by atoms with Crippen molar-refractivity contribution in [3.63, 3.8) is 0 Å². The summed E-state index contributed by atoms with van der Waals surface area (Å²) in [6.07, 6.45) is 1.25. The molecule has 0 saturated carbocycles. The summed E-state index contributed by atoms with van der Waals surface area (Å²) in [4.78, 5) is 38.5. The number of furan rings is 1. The van der Waals surface area contributed by atoms with Crippen LogP contribution in [0.4, 0.5) is 0 Å². The standard InChI is InChI=1S/C16H22N2O5/c1-10-7-11(2)23-14(10)15(20)17(3)9-13(19)18-6-4-5-12(8-18)16(21)22/h7,12H,4-6,8-9H2,1-3H3,(H,21,22). The molecule has 7 heteroatoms. The van der Waals surface area contributed by atoms with E-state index in [9.17, 15) is 14.4 Å². The predicted octanol–water partition coefficient (Wildman–Crippen LogP) is 1.29. The van der Waals surface area contributed by atoms with Crippen LogP contribution in [0.1, 0.15) is 34.7 Å². The van der Waals surface area contributed by atoms with Gasteiger partial charge in [0.05, 0.1) is 12.5 Å². The summed E-state index contributed by atoms with van der Waals surface area (Å²) in [7, 11) is 1.54. The molecule has 1 aromatic rings. The van der Waals surface area contributed by atoms with Gasteiger partial charge in [-0.1, -0.05) is 0 Å². The van der Waals surface area contributed by atoms with Crippen LogP contribution in [0.5, 0.6) is 0 Å². The Bertz CT molecular complexity index is 622. The van der Waals surface area contributed by atoms with E-state index in [1.807, 2.05) is 0 Å². The van der Waals surface area contributed by atoms with Crippen LogP contribution in [-0.4, -0.2) is 59.4 Å². The van der Waals surface area contributed by atoms with Gasteiger partial charge in [-0.25, -0.2) is 0 Å². The fourth-order valence-corrected chi connectivity index (χ4v) is 2.81. The van der Waals surface area contributed by atoms with E-state index in [1.165, 1.54) is 16.8 Å². The molecule has 0 aliphatic carbocycles. The van der Waals surface area contributed by atoms with Crippen LogP contribution in [0.25, 0.3) is 0 Å². The van der Waals surface area contributed by atoms with Crippen LogP contribution in [0, 0.1) is 19.8 Å². The van der Waals surface area contributed by atoms with Gasteiger partial charge in [-0.3, -0.25) is 14.4 Å². The zero-order valence-electron chi connectivity index (χ0n) is 13.7. The van der Waals surface area contributed by atoms with Crippen molar-refractivity contribution in [3.8, 4) is 0 Å². The maximum Gasteiger partial charge on any atom is 0.308 e. The van der Waals surface area contributed by atoms with Crippen molar-refractivity contribution in [1.29, 1.82) is 0 Å². The van der Waals surface area contributed by atoms with Gasteiger partial charge in [-0.2, -0.15) is 0 Å². The lowest BCUT2D eigenvalue weighted by atomic mass is 9.98. The van der Waals surface area contributed by atoms with Gasteiger partial charge in [0.1, 0.15) is 5.76 Å². The second kappa shape index (κ2) is 6.85. The Morgan fingerprint density at radius 1 is 1.39 bits per heavy atom. The smallest absolute Gasteiger partial charge is 0.308 e. The number of piperidine rings is 1. The lowest BCUT2D eigenvalue weighted by molar-refractivity contribution is -0.145. The summed E-state index contributed by atoms with van der Waals surface area (Å²) in [5.74, 6) is -1.12. The average Bonchev–Trinajstić information content (AvgIpc) is 2.85. The Balaban J connectivity index is 1.98. The molecular formula is C16H22N2O5. The normalized spacial score (nSPS) is 17.9. The molecule has 0 spiro atoms. The van der Waals surface area contributed by atoms with Crippen molar-refractivity contribution >= 4 is 17.8 Å². The zero-order chi connectivity index (χ0) is 17.1. The molecule has 7 nitrogen and oxygen atoms in total. The van der Waals surface area contributed by atoms with Crippen LogP contribution in [0.15, 0.2) is 10.5 Å². The first kappa shape index (κ1) is 17.1. The molecule has 1 N–H and O–H groups in total. The number of carbonyl (C=O) groups is 3. The van der Waals surface area contributed by atoms with E-state index in [-0.39, 0.29) is 30.7 Å². The molecule has 1 fully saturated rings. The first-order chi connectivity index (χ1) is 10.8. The van der Waals surface area contributed by atoms with Gasteiger partial charge in [-0.15, -0.1) is 0 Å². The number of likely N-dealkylation sites (tertiary alicyclic amines) is 1. The molecule has 2 rings (SSSR count). The summed E-state index contributed by atoms with van der Waals surface area (Å²) in [5, 5.41) is 9.07. The summed E-state index contributed by atoms with van der Waals surface area (Å²) < 4.78 is 5.38. The minimum atomic E-state index is -0.881. The summed E-state index contributed by atoms with van der Waals surface area (Å²) in [5.41, 5.74) is 0.732. The molecular weight excluding hydrogens is 300 g/mol. The molecule has 1 aliphatic rings. The van der Waals surface area contributed by atoms with Crippen LogP contribution in [0.3, 0.4) is 0 Å². The zero-order valence-corrected chi connectivity index (χ0v) is 13.7. The summed E-state index contributed by atoms with van der Waals surface area (Å²) in [6.45, 7) is 4.18. The Morgan fingerprint density at radius 3 is 2.65 bits per heavy atom. The highest BCUT2D eigenvalue weighted by molar-refractivity contribution is 5.95. The van der Waals surface area contributed by atoms with Gasteiger partial charge in [0.2, 0.25) is 5.91 Å². The lowest BCUT2D eigenvalue weighted by Gasteiger charge is -2.31. The maximum absolute atomic E-state index is 12.3. The number of hydrogen-bond acceptors (Lipinski definition) is 4. The number of aliphatic carboxylic acids is 1. The maximum atomic E-state index is 12.3. The molecule has 0 radical (unpaired) electrons. The van der Waals surface area contributed by atoms with E-state index in [0.717, 1.165) is 5.56 Å². The number of carbonyl (C=O) groups excluding carboxylic acids is 2. The Hall–Kier alpha value is -2.31. The first-order valence-corrected chi connectivity index (χ1v) is 7.62. The van der Waals surface area contributed by atoms with Crippen LogP contribution < -0.4 is 0 Å². The van der Waals surface area contributed by atoms with Crippen molar-refractivity contribution in [2.75, 3.05) is 26.7 Å². The molecule has 126 valence electrons. The number of nitrogens with zero attached hydrogens (tertiary/aromatic N) is 2. The number of likely N-dealkylation sites (N-methyl/N-ethyl adjacent to an activating group) is 1. The molecule has 1 unspecified atom stereocenters. The highest BCUT2D eigenvalue weighted by atomic mass is 16.4. The average molecular weight is 322 g/mol. The number of carboxylic acids is 1. The molecule has 0 aromatic carbocycles. The monoisotopic (exact) mass is 322 g/mol. The topological polar surface area (TPSA) is 91.1 Å². The quantitative estimate of drug-likeness (QED) is 0.902. The lowest BCUT2D eigenvalue weighted by Crippen LogP contribution is -2.46. The molecule has 1 atom stereocenters. The van der Waals surface area contributed by atoms with Crippen molar-refractivity contribution < 1.29 is 23.9 Å². The van der Waals surface area contributed by atoms with Crippen molar-refractivity contribution in [2.24, 2.45) is 5.92 Å². The number of amides is 2. The highest BCUT2D eigenvalue weighted by Gasteiger charge is 2.29. The largest absolute Gasteiger partial charge is 0.481 e. The number of rotatable bonds is 4. The first-order valence-electron chi connectivity index (χ1n) is 7.62. The number of aryl methyl sites for hydroxylation is 2. The van der Waals surface area contributed by atoms with Crippen molar-refractivity contribution in [1.82, 2.24) is 9.80 Å². The van der Waals surface area contributed by atoms with E-state index < -0.39 is 11.9 Å². The van der Waals surface area contributed by atoms with E-state index >= 15 is 0 Å². The highest BCUT2D eigenvalue weighted by Crippen LogP contribution is 2.18. The predicted molar refractivity (Wildman–Crippen MR) is 82.1 cm³/mol.